The molecule has 0 aliphatic heterocycles. The predicted molar refractivity (Wildman–Crippen MR) is 104 cm³/mol. The van der Waals surface area contributed by atoms with Gasteiger partial charge in [-0.25, -0.2) is 13.6 Å². The van der Waals surface area contributed by atoms with Crippen LogP contribution in [0.5, 0.6) is 0 Å². The number of ether oxygens (including phenoxy) is 1. The Balaban J connectivity index is 2.03. The number of hydrogen-bond acceptors (Lipinski definition) is 6. The second-order valence-electron chi connectivity index (χ2n) is 6.07. The number of carbonyl (C=O) groups excluding carboxylic acids is 1. The number of aryl methyl sites for hydroxylation is 1. The molecule has 0 fully saturated rings. The molecule has 1 heterocycles. The molecule has 1 aromatic heterocycles. The van der Waals surface area contributed by atoms with Gasteiger partial charge in [0, 0.05) is 12.0 Å². The molecule has 0 saturated heterocycles. The molecule has 0 aliphatic rings. The molecule has 7 nitrogen and oxygen atoms in total. The Morgan fingerprint density at radius 2 is 1.75 bits per heavy atom. The highest BCUT2D eigenvalue weighted by molar-refractivity contribution is 7.89. The van der Waals surface area contributed by atoms with Crippen molar-refractivity contribution >= 4 is 16.0 Å². The zero-order chi connectivity index (χ0) is 20.1. The van der Waals surface area contributed by atoms with E-state index in [4.69, 9.17) is 14.4 Å². The summed E-state index contributed by atoms with van der Waals surface area (Å²) in [5.41, 5.74) is 2.88. The molecule has 2 aromatic carbocycles. The van der Waals surface area contributed by atoms with E-state index >= 15 is 0 Å². The van der Waals surface area contributed by atoms with Crippen LogP contribution in [-0.4, -0.2) is 26.2 Å². The average Bonchev–Trinajstić information content (AvgIpc) is 3.11. The van der Waals surface area contributed by atoms with Crippen LogP contribution >= 0.6 is 0 Å². The van der Waals surface area contributed by atoms with E-state index in [-0.39, 0.29) is 17.3 Å². The van der Waals surface area contributed by atoms with Gasteiger partial charge in [0.15, 0.2) is 0 Å². The smallest absolute Gasteiger partial charge is 0.306 e. The fourth-order valence-electron chi connectivity index (χ4n) is 2.85. The molecule has 0 radical (unpaired) electrons. The van der Waals surface area contributed by atoms with Gasteiger partial charge in [-0.2, -0.15) is 0 Å². The van der Waals surface area contributed by atoms with Gasteiger partial charge in [0.2, 0.25) is 10.0 Å². The molecule has 2 N–H and O–H groups in total. The Morgan fingerprint density at radius 1 is 1.07 bits per heavy atom. The Bertz CT molecular complexity index is 1060. The van der Waals surface area contributed by atoms with Crippen LogP contribution in [0.15, 0.2) is 64.0 Å². The number of esters is 1. The third kappa shape index (κ3) is 4.47. The Morgan fingerprint density at radius 3 is 2.36 bits per heavy atom. The Hall–Kier alpha value is -2.97. The zero-order valence-electron chi connectivity index (χ0n) is 15.3. The van der Waals surface area contributed by atoms with Crippen molar-refractivity contribution in [1.82, 2.24) is 5.16 Å². The minimum atomic E-state index is -3.79. The molecule has 0 bridgehead atoms. The summed E-state index contributed by atoms with van der Waals surface area (Å²) in [6, 6.07) is 15.6. The first kappa shape index (κ1) is 19.8. The van der Waals surface area contributed by atoms with Crippen molar-refractivity contribution in [3.63, 3.8) is 0 Å². The van der Waals surface area contributed by atoms with E-state index in [1.54, 1.807) is 19.1 Å². The highest BCUT2D eigenvalue weighted by atomic mass is 32.2. The lowest BCUT2D eigenvalue weighted by Crippen LogP contribution is -2.11. The van der Waals surface area contributed by atoms with Crippen LogP contribution in [0, 0.1) is 0 Å². The third-order valence-corrected chi connectivity index (χ3v) is 5.07. The maximum Gasteiger partial charge on any atom is 0.306 e. The molecule has 3 aromatic rings. The van der Waals surface area contributed by atoms with Crippen LogP contribution in [0.1, 0.15) is 19.1 Å². The van der Waals surface area contributed by atoms with Crippen molar-refractivity contribution in [2.24, 2.45) is 5.14 Å². The maximum atomic E-state index is 11.7. The SMILES string of the molecule is CCOC(=O)CCc1onc(-c2ccccc2)c1-c1ccc(S(N)(=O)=O)cc1. The second-order valence-corrected chi connectivity index (χ2v) is 7.63. The number of carbonyl (C=O) groups is 1. The van der Waals surface area contributed by atoms with Gasteiger partial charge < -0.3 is 9.26 Å². The summed E-state index contributed by atoms with van der Waals surface area (Å²) in [6.07, 6.45) is 0.463. The molecule has 0 spiro atoms. The Kier molecular flexibility index (Phi) is 5.91. The summed E-state index contributed by atoms with van der Waals surface area (Å²) in [6.45, 7) is 2.06. The van der Waals surface area contributed by atoms with E-state index in [9.17, 15) is 13.2 Å². The topological polar surface area (TPSA) is 112 Å². The summed E-state index contributed by atoms with van der Waals surface area (Å²) in [5, 5.41) is 9.36. The minimum Gasteiger partial charge on any atom is -0.466 e. The molecule has 0 saturated carbocycles. The van der Waals surface area contributed by atoms with Gasteiger partial charge in [0.25, 0.3) is 0 Å². The number of nitrogens with two attached hydrogens (primary N) is 1. The molecule has 0 aliphatic carbocycles. The van der Waals surface area contributed by atoms with E-state index in [0.29, 0.717) is 35.6 Å². The highest BCUT2D eigenvalue weighted by Gasteiger charge is 2.21. The van der Waals surface area contributed by atoms with E-state index in [0.717, 1.165) is 5.56 Å². The monoisotopic (exact) mass is 400 g/mol. The summed E-state index contributed by atoms with van der Waals surface area (Å²) in [4.78, 5) is 11.7. The Labute approximate surface area is 163 Å². The standard InChI is InChI=1S/C20H20N2O5S/c1-2-26-18(23)13-12-17-19(14-8-10-16(11-9-14)28(21,24)25)20(22-27-17)15-6-4-3-5-7-15/h3-11H,2,12-13H2,1H3,(H2,21,24,25). The average molecular weight is 400 g/mol. The van der Waals surface area contributed by atoms with Gasteiger partial charge in [-0.1, -0.05) is 47.6 Å². The molecular formula is C20H20N2O5S. The first-order chi connectivity index (χ1) is 13.4. The molecular weight excluding hydrogens is 380 g/mol. The van der Waals surface area contributed by atoms with Gasteiger partial charge in [-0.05, 0) is 24.6 Å². The van der Waals surface area contributed by atoms with Crippen LogP contribution in [0.2, 0.25) is 0 Å². The van der Waals surface area contributed by atoms with Crippen LogP contribution in [0.3, 0.4) is 0 Å². The van der Waals surface area contributed by atoms with Crippen molar-refractivity contribution in [3.05, 3.63) is 60.4 Å². The van der Waals surface area contributed by atoms with Crippen LogP contribution in [0.4, 0.5) is 0 Å². The van der Waals surface area contributed by atoms with E-state index < -0.39 is 10.0 Å². The molecule has 28 heavy (non-hydrogen) atoms. The number of aromatic nitrogens is 1. The van der Waals surface area contributed by atoms with Gasteiger partial charge in [0.1, 0.15) is 11.5 Å². The second kappa shape index (κ2) is 8.37. The summed E-state index contributed by atoms with van der Waals surface area (Å²) < 4.78 is 33.5. The normalized spacial score (nSPS) is 11.4. The predicted octanol–water partition coefficient (Wildman–Crippen LogP) is 3.15. The fourth-order valence-corrected chi connectivity index (χ4v) is 3.36. The lowest BCUT2D eigenvalue weighted by atomic mass is 9.97. The van der Waals surface area contributed by atoms with Crippen molar-refractivity contribution in [1.29, 1.82) is 0 Å². The quantitative estimate of drug-likeness (QED) is 0.610. The van der Waals surface area contributed by atoms with E-state index in [1.165, 1.54) is 12.1 Å². The summed E-state index contributed by atoms with van der Waals surface area (Å²) >= 11 is 0. The van der Waals surface area contributed by atoms with Crippen molar-refractivity contribution in [2.75, 3.05) is 6.61 Å². The van der Waals surface area contributed by atoms with Crippen LogP contribution in [-0.2, 0) is 26.0 Å². The third-order valence-electron chi connectivity index (χ3n) is 4.14. The fraction of sp³-hybridized carbons (Fsp3) is 0.200. The molecule has 0 unspecified atom stereocenters. The molecule has 146 valence electrons. The largest absolute Gasteiger partial charge is 0.466 e. The van der Waals surface area contributed by atoms with Crippen molar-refractivity contribution in [2.45, 2.75) is 24.7 Å². The van der Waals surface area contributed by atoms with Gasteiger partial charge >= 0.3 is 5.97 Å². The number of primary sulfonamides is 1. The van der Waals surface area contributed by atoms with Crippen molar-refractivity contribution < 1.29 is 22.5 Å². The zero-order valence-corrected chi connectivity index (χ0v) is 16.1. The number of hydrogen-bond donors (Lipinski definition) is 1. The number of sulfonamides is 1. The summed E-state index contributed by atoms with van der Waals surface area (Å²) in [5.74, 6) is 0.200. The van der Waals surface area contributed by atoms with Crippen LogP contribution < -0.4 is 5.14 Å². The van der Waals surface area contributed by atoms with E-state index in [1.807, 2.05) is 30.3 Å². The van der Waals surface area contributed by atoms with Crippen molar-refractivity contribution in [3.8, 4) is 22.4 Å². The number of rotatable bonds is 7. The molecule has 3 rings (SSSR count). The van der Waals surface area contributed by atoms with Crippen LogP contribution in [0.25, 0.3) is 22.4 Å². The number of nitrogens with zero attached hydrogens (tertiary/aromatic N) is 1. The summed E-state index contributed by atoms with van der Waals surface area (Å²) in [7, 11) is -3.79. The van der Waals surface area contributed by atoms with E-state index in [2.05, 4.69) is 5.16 Å². The lowest BCUT2D eigenvalue weighted by Gasteiger charge is -2.06. The number of benzene rings is 2. The first-order valence-corrected chi connectivity index (χ1v) is 10.3. The van der Waals surface area contributed by atoms with Gasteiger partial charge in [0.05, 0.1) is 23.5 Å². The molecule has 8 heteroatoms. The maximum absolute atomic E-state index is 11.7. The van der Waals surface area contributed by atoms with Gasteiger partial charge in [-0.3, -0.25) is 4.79 Å². The van der Waals surface area contributed by atoms with Gasteiger partial charge in [-0.15, -0.1) is 0 Å². The first-order valence-electron chi connectivity index (χ1n) is 8.73. The molecule has 0 amide bonds. The highest BCUT2D eigenvalue weighted by Crippen LogP contribution is 2.35. The minimum absolute atomic E-state index is 0.0158. The lowest BCUT2D eigenvalue weighted by molar-refractivity contribution is -0.143. The molecule has 0 atom stereocenters.